The zero-order valence-corrected chi connectivity index (χ0v) is 8.73. The fourth-order valence-electron chi connectivity index (χ4n) is 1.66. The monoisotopic (exact) mass is 162 g/mol. The summed E-state index contributed by atoms with van der Waals surface area (Å²) < 4.78 is 0. The maximum Gasteiger partial charge on any atom is -0.00180 e. The molecule has 1 atom stereocenters. The summed E-state index contributed by atoms with van der Waals surface area (Å²) in [4.78, 5) is 0. The Morgan fingerprint density at radius 1 is 1.00 bits per heavy atom. The van der Waals surface area contributed by atoms with Crippen molar-refractivity contribution in [2.24, 2.45) is 5.92 Å². The summed E-state index contributed by atoms with van der Waals surface area (Å²) in [6, 6.07) is 0. The number of rotatable bonds is 0. The lowest BCUT2D eigenvalue weighted by Gasteiger charge is -2.12. The Morgan fingerprint density at radius 3 is 2.17 bits per heavy atom. The summed E-state index contributed by atoms with van der Waals surface area (Å²) in [5, 5.41) is 0. The molecule has 0 bridgehead atoms. The molecule has 0 heterocycles. The lowest BCUT2D eigenvalue weighted by atomic mass is 9.93. The van der Waals surface area contributed by atoms with Crippen LogP contribution in [-0.2, 0) is 0 Å². The summed E-state index contributed by atoms with van der Waals surface area (Å²) in [5.41, 5.74) is 5.76. The van der Waals surface area contributed by atoms with E-state index in [2.05, 4.69) is 46.8 Å². The largest absolute Gasteiger partial charge is 0.0662 e. The Balaban J connectivity index is 3.16. The Kier molecular flexibility index (Phi) is 2.56. The van der Waals surface area contributed by atoms with Crippen molar-refractivity contribution in [1.29, 1.82) is 0 Å². The van der Waals surface area contributed by atoms with Crippen LogP contribution >= 0.6 is 0 Å². The molecule has 0 radical (unpaired) electrons. The normalized spacial score (nSPS) is 24.9. The van der Waals surface area contributed by atoms with E-state index in [4.69, 9.17) is 0 Å². The van der Waals surface area contributed by atoms with Crippen molar-refractivity contribution in [2.45, 2.75) is 34.6 Å². The minimum Gasteiger partial charge on any atom is -0.0662 e. The van der Waals surface area contributed by atoms with E-state index in [-0.39, 0.29) is 0 Å². The quantitative estimate of drug-likeness (QED) is 0.507. The van der Waals surface area contributed by atoms with Crippen molar-refractivity contribution in [3.63, 3.8) is 0 Å². The molecule has 66 valence electrons. The van der Waals surface area contributed by atoms with Crippen LogP contribution in [-0.4, -0.2) is 0 Å². The van der Waals surface area contributed by atoms with Gasteiger partial charge in [0.1, 0.15) is 0 Å². The maximum atomic E-state index is 2.28. The lowest BCUT2D eigenvalue weighted by molar-refractivity contribution is 0.794. The minimum atomic E-state index is 0.610. The molecule has 0 aromatic rings. The molecule has 1 aliphatic rings. The average Bonchev–Trinajstić information content (AvgIpc) is 2.05. The number of hydrogen-bond acceptors (Lipinski definition) is 0. The van der Waals surface area contributed by atoms with E-state index in [1.165, 1.54) is 22.3 Å². The fourth-order valence-corrected chi connectivity index (χ4v) is 1.66. The smallest absolute Gasteiger partial charge is 0.00180 e. The molecule has 1 unspecified atom stereocenters. The van der Waals surface area contributed by atoms with Crippen LogP contribution in [0.25, 0.3) is 0 Å². The molecule has 0 aliphatic heterocycles. The van der Waals surface area contributed by atoms with E-state index >= 15 is 0 Å². The highest BCUT2D eigenvalue weighted by molar-refractivity contribution is 5.39. The zero-order valence-electron chi connectivity index (χ0n) is 8.73. The van der Waals surface area contributed by atoms with Gasteiger partial charge in [-0.3, -0.25) is 0 Å². The lowest BCUT2D eigenvalue weighted by Crippen LogP contribution is -1.98. The van der Waals surface area contributed by atoms with Gasteiger partial charge in [-0.1, -0.05) is 41.4 Å². The first-order chi connectivity index (χ1) is 5.52. The van der Waals surface area contributed by atoms with E-state index in [0.717, 1.165) is 0 Å². The summed E-state index contributed by atoms with van der Waals surface area (Å²) in [6.07, 6.45) is 4.55. The molecule has 0 N–H and O–H groups in total. The van der Waals surface area contributed by atoms with Gasteiger partial charge in [0, 0.05) is 0 Å². The standard InChI is InChI=1S/C12H18/c1-8-6-9(2)11(4)12(5)10(3)7-8/h6-7,11H,1-5H3. The molecule has 0 saturated heterocycles. The van der Waals surface area contributed by atoms with Crippen molar-refractivity contribution in [3.05, 3.63) is 34.4 Å². The highest BCUT2D eigenvalue weighted by Crippen LogP contribution is 2.27. The van der Waals surface area contributed by atoms with Crippen LogP contribution in [0, 0.1) is 5.92 Å². The molecular weight excluding hydrogens is 144 g/mol. The molecule has 0 spiro atoms. The van der Waals surface area contributed by atoms with Gasteiger partial charge in [0.05, 0.1) is 0 Å². The molecule has 1 rings (SSSR count). The van der Waals surface area contributed by atoms with E-state index in [9.17, 15) is 0 Å². The van der Waals surface area contributed by atoms with Crippen LogP contribution in [0.1, 0.15) is 34.6 Å². The molecular formula is C12H18. The summed E-state index contributed by atoms with van der Waals surface area (Å²) in [5.74, 6) is 0.610. The van der Waals surface area contributed by atoms with Crippen molar-refractivity contribution < 1.29 is 0 Å². The van der Waals surface area contributed by atoms with Crippen LogP contribution in [0.5, 0.6) is 0 Å². The summed E-state index contributed by atoms with van der Waals surface area (Å²) in [7, 11) is 0. The van der Waals surface area contributed by atoms with Crippen molar-refractivity contribution in [1.82, 2.24) is 0 Å². The predicted octanol–water partition coefficient (Wildman–Crippen LogP) is 3.87. The predicted molar refractivity (Wildman–Crippen MR) is 55.1 cm³/mol. The van der Waals surface area contributed by atoms with Gasteiger partial charge in [-0.25, -0.2) is 0 Å². The van der Waals surface area contributed by atoms with Crippen molar-refractivity contribution in [3.8, 4) is 0 Å². The van der Waals surface area contributed by atoms with Gasteiger partial charge in [-0.2, -0.15) is 0 Å². The van der Waals surface area contributed by atoms with E-state index in [1.807, 2.05) is 0 Å². The van der Waals surface area contributed by atoms with Gasteiger partial charge in [0.25, 0.3) is 0 Å². The highest BCUT2D eigenvalue weighted by atomic mass is 14.2. The van der Waals surface area contributed by atoms with Crippen LogP contribution in [0.15, 0.2) is 34.4 Å². The third-order valence-corrected chi connectivity index (χ3v) is 2.85. The van der Waals surface area contributed by atoms with E-state index in [1.54, 1.807) is 0 Å². The summed E-state index contributed by atoms with van der Waals surface area (Å²) >= 11 is 0. The molecule has 0 fully saturated rings. The second-order valence-electron chi connectivity index (χ2n) is 3.86. The van der Waals surface area contributed by atoms with Crippen LogP contribution in [0.2, 0.25) is 0 Å². The van der Waals surface area contributed by atoms with E-state index < -0.39 is 0 Å². The van der Waals surface area contributed by atoms with Gasteiger partial charge in [0.2, 0.25) is 0 Å². The van der Waals surface area contributed by atoms with Crippen LogP contribution in [0.3, 0.4) is 0 Å². The van der Waals surface area contributed by atoms with Crippen LogP contribution < -0.4 is 0 Å². The van der Waals surface area contributed by atoms with Gasteiger partial charge < -0.3 is 0 Å². The second-order valence-corrected chi connectivity index (χ2v) is 3.86. The number of hydrogen-bond donors (Lipinski definition) is 0. The second kappa shape index (κ2) is 3.30. The molecule has 0 heteroatoms. The molecule has 0 aromatic heterocycles. The minimum absolute atomic E-state index is 0.610. The first-order valence-corrected chi connectivity index (χ1v) is 4.56. The van der Waals surface area contributed by atoms with Crippen molar-refractivity contribution >= 4 is 0 Å². The highest BCUT2D eigenvalue weighted by Gasteiger charge is 2.10. The maximum absolute atomic E-state index is 2.28. The third kappa shape index (κ3) is 1.69. The first kappa shape index (κ1) is 9.31. The third-order valence-electron chi connectivity index (χ3n) is 2.85. The molecule has 12 heavy (non-hydrogen) atoms. The molecule has 0 amide bonds. The fraction of sp³-hybridized carbons (Fsp3) is 0.500. The Morgan fingerprint density at radius 2 is 1.58 bits per heavy atom. The molecule has 0 saturated carbocycles. The summed E-state index contributed by atoms with van der Waals surface area (Å²) in [6.45, 7) is 11.1. The van der Waals surface area contributed by atoms with Crippen molar-refractivity contribution in [2.75, 3.05) is 0 Å². The van der Waals surface area contributed by atoms with Gasteiger partial charge in [0.15, 0.2) is 0 Å². The topological polar surface area (TPSA) is 0 Å². The zero-order chi connectivity index (χ0) is 9.30. The Bertz CT molecular complexity index is 274. The number of allylic oxidation sites excluding steroid dienone is 6. The first-order valence-electron chi connectivity index (χ1n) is 4.56. The Hall–Kier alpha value is -0.780. The van der Waals surface area contributed by atoms with E-state index in [0.29, 0.717) is 5.92 Å². The average molecular weight is 162 g/mol. The molecule has 0 aromatic carbocycles. The van der Waals surface area contributed by atoms with Gasteiger partial charge >= 0.3 is 0 Å². The SMILES string of the molecule is CC1=CC(C)=C(C)C(C)C(C)=C1. The molecule has 1 aliphatic carbocycles. The van der Waals surface area contributed by atoms with Crippen LogP contribution in [0.4, 0.5) is 0 Å². The molecule has 0 nitrogen and oxygen atoms in total. The van der Waals surface area contributed by atoms with Gasteiger partial charge in [-0.15, -0.1) is 0 Å². The Labute approximate surface area is 75.7 Å². The van der Waals surface area contributed by atoms with Gasteiger partial charge in [-0.05, 0) is 33.6 Å².